The molecular formula is C16H14N4O2S. The number of benzene rings is 1. The molecule has 2 N–H and O–H groups in total. The van der Waals surface area contributed by atoms with E-state index >= 15 is 0 Å². The number of carboxylic acids is 1. The fourth-order valence-electron chi connectivity index (χ4n) is 3.02. The molecule has 1 aliphatic rings. The summed E-state index contributed by atoms with van der Waals surface area (Å²) in [6.45, 7) is 0. The molecule has 2 aromatic heterocycles. The van der Waals surface area contributed by atoms with Crippen molar-refractivity contribution in [3.05, 3.63) is 53.6 Å². The van der Waals surface area contributed by atoms with Gasteiger partial charge < -0.3 is 5.11 Å². The molecule has 3 unspecified atom stereocenters. The maximum Gasteiger partial charge on any atom is 0.320 e. The lowest BCUT2D eigenvalue weighted by atomic mass is 9.96. The molecule has 3 atom stereocenters. The standard InChI is InChI=1S/C16H14N4O2S/c21-16(22)11-7-9(12-8-17-5-6-18-12)14(19-11)15-20-10-3-1-2-4-13(10)23-15/h1-6,8-9,11,14,19H,7H2,(H,21,22). The molecule has 0 spiro atoms. The van der Waals surface area contributed by atoms with E-state index in [-0.39, 0.29) is 12.0 Å². The first-order valence-corrected chi connectivity index (χ1v) is 8.14. The molecule has 1 fully saturated rings. The fraction of sp³-hybridized carbons (Fsp3) is 0.250. The summed E-state index contributed by atoms with van der Waals surface area (Å²) in [5.74, 6) is -0.895. The maximum absolute atomic E-state index is 11.4. The lowest BCUT2D eigenvalue weighted by molar-refractivity contribution is -0.139. The van der Waals surface area contributed by atoms with E-state index in [2.05, 4.69) is 20.3 Å². The Morgan fingerprint density at radius 3 is 2.91 bits per heavy atom. The van der Waals surface area contributed by atoms with Gasteiger partial charge in [0.05, 0.1) is 22.0 Å². The van der Waals surface area contributed by atoms with E-state index in [0.717, 1.165) is 20.9 Å². The number of hydrogen-bond acceptors (Lipinski definition) is 6. The minimum Gasteiger partial charge on any atom is -0.480 e. The van der Waals surface area contributed by atoms with Crippen LogP contribution in [0.15, 0.2) is 42.9 Å². The van der Waals surface area contributed by atoms with Crippen LogP contribution in [-0.2, 0) is 4.79 Å². The zero-order valence-electron chi connectivity index (χ0n) is 12.1. The van der Waals surface area contributed by atoms with Crippen LogP contribution in [0.1, 0.15) is 29.1 Å². The highest BCUT2D eigenvalue weighted by Gasteiger charge is 2.41. The second-order valence-corrected chi connectivity index (χ2v) is 6.59. The van der Waals surface area contributed by atoms with Gasteiger partial charge in [0.25, 0.3) is 0 Å². The number of fused-ring (bicyclic) bond motifs is 1. The monoisotopic (exact) mass is 326 g/mol. The van der Waals surface area contributed by atoms with E-state index in [9.17, 15) is 9.90 Å². The summed E-state index contributed by atoms with van der Waals surface area (Å²) in [6, 6.07) is 7.17. The van der Waals surface area contributed by atoms with E-state index in [0.29, 0.717) is 6.42 Å². The van der Waals surface area contributed by atoms with E-state index in [4.69, 9.17) is 0 Å². The molecule has 0 amide bonds. The van der Waals surface area contributed by atoms with Gasteiger partial charge in [-0.3, -0.25) is 20.1 Å². The van der Waals surface area contributed by atoms with Crippen molar-refractivity contribution >= 4 is 27.5 Å². The molecule has 0 bridgehead atoms. The van der Waals surface area contributed by atoms with Gasteiger partial charge in [-0.25, -0.2) is 4.98 Å². The van der Waals surface area contributed by atoms with Crippen molar-refractivity contribution in [2.24, 2.45) is 0 Å². The van der Waals surface area contributed by atoms with Crippen LogP contribution in [0, 0.1) is 0 Å². The van der Waals surface area contributed by atoms with Gasteiger partial charge in [0, 0.05) is 24.5 Å². The molecule has 4 rings (SSSR count). The SMILES string of the molecule is O=C(O)C1CC(c2cnccn2)C(c2nc3ccccc3s2)N1. The number of hydrogen-bond donors (Lipinski definition) is 2. The molecule has 3 aromatic rings. The van der Waals surface area contributed by atoms with Crippen LogP contribution in [0.3, 0.4) is 0 Å². The number of aromatic nitrogens is 3. The van der Waals surface area contributed by atoms with Crippen molar-refractivity contribution in [1.82, 2.24) is 20.3 Å². The number of para-hydroxylation sites is 1. The second kappa shape index (κ2) is 5.68. The van der Waals surface area contributed by atoms with Crippen LogP contribution in [-0.4, -0.2) is 32.1 Å². The quantitative estimate of drug-likeness (QED) is 0.768. The van der Waals surface area contributed by atoms with E-state index in [1.807, 2.05) is 24.3 Å². The fourth-order valence-corrected chi connectivity index (χ4v) is 4.12. The van der Waals surface area contributed by atoms with Crippen molar-refractivity contribution in [3.63, 3.8) is 0 Å². The smallest absolute Gasteiger partial charge is 0.320 e. The van der Waals surface area contributed by atoms with Crippen LogP contribution in [0.5, 0.6) is 0 Å². The summed E-state index contributed by atoms with van der Waals surface area (Å²) in [5.41, 5.74) is 1.74. The predicted molar refractivity (Wildman–Crippen MR) is 86.3 cm³/mol. The van der Waals surface area contributed by atoms with E-state index < -0.39 is 12.0 Å². The Bertz CT molecular complexity index is 818. The maximum atomic E-state index is 11.4. The Morgan fingerprint density at radius 2 is 2.17 bits per heavy atom. The third-order valence-corrected chi connectivity index (χ3v) is 5.23. The van der Waals surface area contributed by atoms with Gasteiger partial charge in [0.1, 0.15) is 11.0 Å². The van der Waals surface area contributed by atoms with Crippen molar-refractivity contribution < 1.29 is 9.90 Å². The highest BCUT2D eigenvalue weighted by Crippen LogP contribution is 2.41. The summed E-state index contributed by atoms with van der Waals surface area (Å²) >= 11 is 1.59. The number of aliphatic carboxylic acids is 1. The molecule has 3 heterocycles. The third-order valence-electron chi connectivity index (χ3n) is 4.11. The predicted octanol–water partition coefficient (Wildman–Crippen LogP) is 2.36. The highest BCUT2D eigenvalue weighted by molar-refractivity contribution is 7.18. The number of rotatable bonds is 3. The van der Waals surface area contributed by atoms with Crippen molar-refractivity contribution in [2.75, 3.05) is 0 Å². The Balaban J connectivity index is 1.75. The molecule has 0 saturated carbocycles. The molecule has 1 saturated heterocycles. The normalized spacial score (nSPS) is 24.1. The number of nitrogens with one attached hydrogen (secondary N) is 1. The third kappa shape index (κ3) is 2.58. The van der Waals surface area contributed by atoms with Gasteiger partial charge in [0.2, 0.25) is 0 Å². The van der Waals surface area contributed by atoms with Gasteiger partial charge >= 0.3 is 5.97 Å². The molecule has 1 aromatic carbocycles. The largest absolute Gasteiger partial charge is 0.480 e. The van der Waals surface area contributed by atoms with Crippen LogP contribution in [0.25, 0.3) is 10.2 Å². The summed E-state index contributed by atoms with van der Waals surface area (Å²) in [4.78, 5) is 24.6. The zero-order chi connectivity index (χ0) is 15.8. The van der Waals surface area contributed by atoms with Gasteiger partial charge in [-0.15, -0.1) is 11.3 Å². The van der Waals surface area contributed by atoms with Crippen molar-refractivity contribution in [1.29, 1.82) is 0 Å². The first-order chi connectivity index (χ1) is 11.2. The first kappa shape index (κ1) is 14.2. The lowest BCUT2D eigenvalue weighted by Crippen LogP contribution is -2.31. The second-order valence-electron chi connectivity index (χ2n) is 5.53. The molecule has 23 heavy (non-hydrogen) atoms. The van der Waals surface area contributed by atoms with Gasteiger partial charge in [0.15, 0.2) is 0 Å². The van der Waals surface area contributed by atoms with E-state index in [1.165, 1.54) is 0 Å². The summed E-state index contributed by atoms with van der Waals surface area (Å²) in [5, 5.41) is 13.5. The number of carboxylic acid groups (broad SMARTS) is 1. The van der Waals surface area contributed by atoms with Crippen LogP contribution >= 0.6 is 11.3 Å². The number of thiazole rings is 1. The Hall–Kier alpha value is -2.38. The summed E-state index contributed by atoms with van der Waals surface area (Å²) in [6.07, 6.45) is 5.44. The minimum atomic E-state index is -0.845. The average molecular weight is 326 g/mol. The zero-order valence-corrected chi connectivity index (χ0v) is 12.9. The van der Waals surface area contributed by atoms with E-state index in [1.54, 1.807) is 29.9 Å². The Kier molecular flexibility index (Phi) is 3.51. The van der Waals surface area contributed by atoms with Crippen molar-refractivity contribution in [2.45, 2.75) is 24.4 Å². The molecular weight excluding hydrogens is 312 g/mol. The molecule has 1 aliphatic heterocycles. The van der Waals surface area contributed by atoms with Gasteiger partial charge in [-0.1, -0.05) is 12.1 Å². The van der Waals surface area contributed by atoms with Crippen LogP contribution in [0.4, 0.5) is 0 Å². The molecule has 0 aliphatic carbocycles. The highest BCUT2D eigenvalue weighted by atomic mass is 32.1. The molecule has 0 radical (unpaired) electrons. The van der Waals surface area contributed by atoms with Gasteiger partial charge in [-0.05, 0) is 18.6 Å². The average Bonchev–Trinajstić information content (AvgIpc) is 3.19. The Morgan fingerprint density at radius 1 is 1.30 bits per heavy atom. The molecule has 116 valence electrons. The number of nitrogens with zero attached hydrogens (tertiary/aromatic N) is 3. The van der Waals surface area contributed by atoms with Crippen molar-refractivity contribution in [3.8, 4) is 0 Å². The Labute approximate surface area is 136 Å². The topological polar surface area (TPSA) is 88.0 Å². The number of carbonyl (C=O) groups is 1. The minimum absolute atomic E-state index is 0.0506. The van der Waals surface area contributed by atoms with Gasteiger partial charge in [-0.2, -0.15) is 0 Å². The molecule has 7 heteroatoms. The van der Waals surface area contributed by atoms with Crippen LogP contribution in [0.2, 0.25) is 0 Å². The summed E-state index contributed by atoms with van der Waals surface area (Å²) < 4.78 is 1.10. The molecule has 6 nitrogen and oxygen atoms in total. The van der Waals surface area contributed by atoms with Crippen LogP contribution < -0.4 is 5.32 Å². The summed E-state index contributed by atoms with van der Waals surface area (Å²) in [7, 11) is 0. The first-order valence-electron chi connectivity index (χ1n) is 7.32. The lowest BCUT2D eigenvalue weighted by Gasteiger charge is -2.16.